The van der Waals surface area contributed by atoms with Crippen LogP contribution in [-0.4, -0.2) is 19.0 Å². The maximum absolute atomic E-state index is 10.7. The highest BCUT2D eigenvalue weighted by molar-refractivity contribution is 5.73. The normalized spacial score (nSPS) is 11.4. The van der Waals surface area contributed by atoms with Crippen molar-refractivity contribution in [3.05, 3.63) is 0 Å². The van der Waals surface area contributed by atoms with Gasteiger partial charge in [-0.25, -0.2) is 0 Å². The summed E-state index contributed by atoms with van der Waals surface area (Å²) in [5, 5.41) is 3.55. The number of nitrogens with one attached hydrogen (secondary N) is 1. The lowest BCUT2D eigenvalue weighted by Crippen LogP contribution is -2.16. The van der Waals surface area contributed by atoms with Gasteiger partial charge in [-0.1, -0.05) is 174 Å². The third-order valence-electron chi connectivity index (χ3n) is 7.98. The van der Waals surface area contributed by atoms with Gasteiger partial charge in [0.25, 0.3) is 0 Å². The van der Waals surface area contributed by atoms with Crippen LogP contribution in [0, 0.1) is 0 Å². The minimum absolute atomic E-state index is 0.149. The molecule has 0 unspecified atom stereocenters. The monoisotopic (exact) mass is 523 g/mol. The van der Waals surface area contributed by atoms with Crippen LogP contribution >= 0.6 is 0 Å². The van der Waals surface area contributed by atoms with E-state index in [2.05, 4.69) is 12.2 Å². The van der Waals surface area contributed by atoms with E-state index in [9.17, 15) is 4.79 Å². The molecule has 0 fully saturated rings. The van der Waals surface area contributed by atoms with Crippen LogP contribution in [0.15, 0.2) is 0 Å². The van der Waals surface area contributed by atoms with Crippen LogP contribution in [0.25, 0.3) is 0 Å². The van der Waals surface area contributed by atoms with Crippen molar-refractivity contribution in [1.29, 1.82) is 0 Å². The third-order valence-corrected chi connectivity index (χ3v) is 7.98. The predicted octanol–water partition coefficient (Wildman–Crippen LogP) is 10.8. The molecular formula is C34H70N2O. The van der Waals surface area contributed by atoms with Crippen LogP contribution in [0.3, 0.4) is 0 Å². The summed E-state index contributed by atoms with van der Waals surface area (Å²) in [6.07, 6.45) is 41.2. The molecule has 0 rings (SSSR count). The Morgan fingerprint density at radius 3 is 0.919 bits per heavy atom. The van der Waals surface area contributed by atoms with Crippen molar-refractivity contribution in [2.45, 2.75) is 200 Å². The Bertz CT molecular complexity index is 426. The number of rotatable bonds is 33. The molecule has 1 amide bonds. The molecular weight excluding hydrogens is 452 g/mol. The third kappa shape index (κ3) is 35.4. The molecule has 3 heteroatoms. The molecule has 3 N–H and O–H groups in total. The van der Waals surface area contributed by atoms with Gasteiger partial charge < -0.3 is 11.1 Å². The van der Waals surface area contributed by atoms with Crippen molar-refractivity contribution in [2.24, 2.45) is 5.73 Å². The number of nitrogens with two attached hydrogens (primary N) is 1. The lowest BCUT2D eigenvalue weighted by molar-refractivity contribution is -0.118. The highest BCUT2D eigenvalue weighted by atomic mass is 16.1. The Morgan fingerprint density at radius 2 is 0.649 bits per heavy atom. The molecule has 0 aliphatic carbocycles. The van der Waals surface area contributed by atoms with Crippen LogP contribution in [0.1, 0.15) is 200 Å². The van der Waals surface area contributed by atoms with E-state index in [0.717, 1.165) is 6.42 Å². The molecule has 222 valence electrons. The van der Waals surface area contributed by atoms with E-state index in [1.165, 1.54) is 193 Å². The molecule has 3 nitrogen and oxygen atoms in total. The fraction of sp³-hybridized carbons (Fsp3) is 0.971. The molecule has 0 spiro atoms. The van der Waals surface area contributed by atoms with Gasteiger partial charge in [0.15, 0.2) is 0 Å². The van der Waals surface area contributed by atoms with Crippen molar-refractivity contribution in [2.75, 3.05) is 13.1 Å². The second-order valence-electron chi connectivity index (χ2n) is 11.9. The number of unbranched alkanes of at least 4 members (excludes halogenated alkanes) is 27. The number of primary amides is 1. The summed E-state index contributed by atoms with van der Waals surface area (Å²) in [5.41, 5.74) is 5.17. The topological polar surface area (TPSA) is 55.1 Å². The summed E-state index contributed by atoms with van der Waals surface area (Å²) in [6.45, 7) is 4.70. The van der Waals surface area contributed by atoms with Crippen molar-refractivity contribution in [1.82, 2.24) is 5.32 Å². The van der Waals surface area contributed by atoms with Crippen LogP contribution < -0.4 is 11.1 Å². The molecule has 0 saturated heterocycles. The van der Waals surface area contributed by atoms with Gasteiger partial charge in [-0.15, -0.1) is 0 Å². The van der Waals surface area contributed by atoms with Crippen molar-refractivity contribution < 1.29 is 4.79 Å². The van der Waals surface area contributed by atoms with E-state index >= 15 is 0 Å². The van der Waals surface area contributed by atoms with Crippen molar-refractivity contribution in [3.8, 4) is 0 Å². The molecule has 0 aromatic heterocycles. The average Bonchev–Trinajstić information content (AvgIpc) is 2.89. The maximum Gasteiger partial charge on any atom is 0.217 e. The molecule has 0 aliphatic heterocycles. The van der Waals surface area contributed by atoms with Gasteiger partial charge >= 0.3 is 0 Å². The lowest BCUT2D eigenvalue weighted by Gasteiger charge is -2.05. The van der Waals surface area contributed by atoms with E-state index in [-0.39, 0.29) is 5.91 Å². The van der Waals surface area contributed by atoms with Crippen LogP contribution in [-0.2, 0) is 4.79 Å². The summed E-state index contributed by atoms with van der Waals surface area (Å²) in [5.74, 6) is -0.149. The van der Waals surface area contributed by atoms with Crippen LogP contribution in [0.5, 0.6) is 0 Å². The number of amides is 1. The van der Waals surface area contributed by atoms with E-state index < -0.39 is 0 Å². The first kappa shape index (κ1) is 36.4. The molecule has 0 aromatic rings. The Balaban J connectivity index is 3.02. The zero-order chi connectivity index (χ0) is 26.9. The molecule has 0 atom stereocenters. The molecule has 0 radical (unpaired) electrons. The minimum Gasteiger partial charge on any atom is -0.370 e. The number of carbonyl (C=O) groups excluding carboxylic acids is 1. The first-order valence-corrected chi connectivity index (χ1v) is 17.3. The van der Waals surface area contributed by atoms with E-state index in [1.54, 1.807) is 0 Å². The van der Waals surface area contributed by atoms with Gasteiger partial charge in [0, 0.05) is 6.42 Å². The summed E-state index contributed by atoms with van der Waals surface area (Å²) >= 11 is 0. The zero-order valence-corrected chi connectivity index (χ0v) is 25.6. The molecule has 0 heterocycles. The van der Waals surface area contributed by atoms with Crippen molar-refractivity contribution in [3.63, 3.8) is 0 Å². The summed E-state index contributed by atoms with van der Waals surface area (Å²) in [6, 6.07) is 0. The predicted molar refractivity (Wildman–Crippen MR) is 166 cm³/mol. The highest BCUT2D eigenvalue weighted by Crippen LogP contribution is 2.16. The smallest absolute Gasteiger partial charge is 0.217 e. The van der Waals surface area contributed by atoms with Gasteiger partial charge in [0.1, 0.15) is 0 Å². The zero-order valence-electron chi connectivity index (χ0n) is 25.6. The SMILES string of the molecule is CCCCNCCCCCCCCCCCCCCCCCCCCCCCCCCCCCC(N)=O. The first-order valence-electron chi connectivity index (χ1n) is 17.3. The largest absolute Gasteiger partial charge is 0.370 e. The van der Waals surface area contributed by atoms with Crippen molar-refractivity contribution >= 4 is 5.91 Å². The fourth-order valence-electron chi connectivity index (χ4n) is 5.40. The second-order valence-corrected chi connectivity index (χ2v) is 11.9. The fourth-order valence-corrected chi connectivity index (χ4v) is 5.40. The highest BCUT2D eigenvalue weighted by Gasteiger charge is 1.97. The van der Waals surface area contributed by atoms with E-state index in [0.29, 0.717) is 6.42 Å². The van der Waals surface area contributed by atoms with E-state index in [1.807, 2.05) is 0 Å². The Morgan fingerprint density at radius 1 is 0.405 bits per heavy atom. The van der Waals surface area contributed by atoms with Gasteiger partial charge in [0.2, 0.25) is 5.91 Å². The van der Waals surface area contributed by atoms with Gasteiger partial charge in [0.05, 0.1) is 0 Å². The van der Waals surface area contributed by atoms with Crippen LogP contribution in [0.4, 0.5) is 0 Å². The van der Waals surface area contributed by atoms with Gasteiger partial charge in [-0.3, -0.25) is 4.79 Å². The van der Waals surface area contributed by atoms with Gasteiger partial charge in [-0.05, 0) is 32.4 Å². The number of hydrogen-bond donors (Lipinski definition) is 2. The molecule has 0 saturated carbocycles. The standard InChI is InChI=1S/C34H70N2O/c1-2-3-32-36-33-30-28-26-24-22-20-18-16-14-12-10-8-6-4-5-7-9-11-13-15-17-19-21-23-25-27-29-31-34(35)37/h36H,2-33H2,1H3,(H2,35,37). The van der Waals surface area contributed by atoms with Gasteiger partial charge in [-0.2, -0.15) is 0 Å². The minimum atomic E-state index is -0.149. The molecule has 0 aromatic carbocycles. The number of carbonyl (C=O) groups is 1. The lowest BCUT2D eigenvalue weighted by atomic mass is 10.0. The molecule has 0 aliphatic rings. The quantitative estimate of drug-likeness (QED) is 0.0842. The molecule has 37 heavy (non-hydrogen) atoms. The first-order chi connectivity index (χ1) is 18.3. The van der Waals surface area contributed by atoms with E-state index in [4.69, 9.17) is 5.73 Å². The summed E-state index contributed by atoms with van der Waals surface area (Å²) in [4.78, 5) is 10.7. The molecule has 0 bridgehead atoms. The average molecular weight is 523 g/mol. The summed E-state index contributed by atoms with van der Waals surface area (Å²) in [7, 11) is 0. The Hall–Kier alpha value is -0.570. The Kier molecular flexibility index (Phi) is 32.9. The maximum atomic E-state index is 10.7. The number of hydrogen-bond acceptors (Lipinski definition) is 2. The Labute approximate surface area is 234 Å². The second kappa shape index (κ2) is 33.5. The summed E-state index contributed by atoms with van der Waals surface area (Å²) < 4.78 is 0. The van der Waals surface area contributed by atoms with Crippen LogP contribution in [0.2, 0.25) is 0 Å².